The van der Waals surface area contributed by atoms with Gasteiger partial charge in [-0.15, -0.1) is 0 Å². The van der Waals surface area contributed by atoms with Crippen LogP contribution in [0.15, 0.2) is 75.2 Å². The molecule has 0 saturated carbocycles. The first-order valence-corrected chi connectivity index (χ1v) is 12.7. The number of barbiturate groups is 1. The molecule has 0 bridgehead atoms. The third-order valence-electron chi connectivity index (χ3n) is 5.17. The Kier molecular flexibility index (Phi) is 8.11. The highest BCUT2D eigenvalue weighted by Crippen LogP contribution is 2.36. The fourth-order valence-corrected chi connectivity index (χ4v) is 5.08. The molecule has 1 saturated heterocycles. The number of urea groups is 1. The van der Waals surface area contributed by atoms with Gasteiger partial charge in [-0.3, -0.25) is 19.7 Å². The topological polar surface area (TPSA) is 105 Å². The van der Waals surface area contributed by atoms with Crippen molar-refractivity contribution in [3.63, 3.8) is 0 Å². The lowest BCUT2D eigenvalue weighted by Gasteiger charge is -2.26. The van der Waals surface area contributed by atoms with Crippen LogP contribution in [0, 0.1) is 6.92 Å². The summed E-state index contributed by atoms with van der Waals surface area (Å²) >= 11 is 12.7. The van der Waals surface area contributed by atoms with Crippen molar-refractivity contribution in [2.45, 2.75) is 6.92 Å². The first-order chi connectivity index (χ1) is 17.6. The van der Waals surface area contributed by atoms with Crippen molar-refractivity contribution in [2.75, 3.05) is 16.8 Å². The summed E-state index contributed by atoms with van der Waals surface area (Å²) in [5, 5.41) is 5.37. The molecule has 3 aromatic carbocycles. The number of benzene rings is 3. The summed E-state index contributed by atoms with van der Waals surface area (Å²) in [6.07, 6.45) is 1.36. The van der Waals surface area contributed by atoms with Crippen molar-refractivity contribution in [1.82, 2.24) is 5.32 Å². The average molecular weight is 648 g/mol. The number of anilines is 2. The second-order valence-electron chi connectivity index (χ2n) is 7.95. The number of aryl methyl sites for hydroxylation is 1. The van der Waals surface area contributed by atoms with Gasteiger partial charge in [0.25, 0.3) is 17.7 Å². The largest absolute Gasteiger partial charge is 0.481 e. The predicted molar refractivity (Wildman–Crippen MR) is 148 cm³/mol. The normalized spacial score (nSPS) is 14.5. The zero-order valence-corrected chi connectivity index (χ0v) is 23.1. The Morgan fingerprint density at radius 3 is 2.38 bits per heavy atom. The predicted octanol–water partition coefficient (Wildman–Crippen LogP) is 5.86. The second kappa shape index (κ2) is 11.3. The van der Waals surface area contributed by atoms with Gasteiger partial charge in [0.15, 0.2) is 6.61 Å². The molecule has 0 aromatic heterocycles. The second-order valence-corrected chi connectivity index (χ2v) is 10.1. The highest BCUT2D eigenvalue weighted by atomic mass is 79.9. The smallest absolute Gasteiger partial charge is 0.335 e. The van der Waals surface area contributed by atoms with Crippen LogP contribution >= 0.6 is 43.5 Å². The average Bonchev–Trinajstić information content (AvgIpc) is 2.82. The van der Waals surface area contributed by atoms with Crippen LogP contribution in [-0.2, 0) is 14.4 Å². The number of imide groups is 2. The molecule has 8 nitrogen and oxygen atoms in total. The summed E-state index contributed by atoms with van der Waals surface area (Å²) in [4.78, 5) is 51.1. The third-order valence-corrected chi connectivity index (χ3v) is 6.60. The third kappa shape index (κ3) is 6.27. The Morgan fingerprint density at radius 1 is 1.05 bits per heavy atom. The number of ether oxygens (including phenoxy) is 1. The van der Waals surface area contributed by atoms with Gasteiger partial charge < -0.3 is 10.1 Å². The van der Waals surface area contributed by atoms with E-state index in [1.165, 1.54) is 30.3 Å². The molecule has 5 amide bonds. The minimum atomic E-state index is -0.857. The molecular formula is C26H18Br2ClN3O5. The summed E-state index contributed by atoms with van der Waals surface area (Å²) in [6.45, 7) is 1.68. The summed E-state index contributed by atoms with van der Waals surface area (Å²) in [5.41, 5.74) is 2.18. The van der Waals surface area contributed by atoms with Crippen LogP contribution in [0.25, 0.3) is 6.08 Å². The van der Waals surface area contributed by atoms with Crippen molar-refractivity contribution in [3.05, 3.63) is 91.3 Å². The van der Waals surface area contributed by atoms with Gasteiger partial charge in [-0.05, 0) is 105 Å². The van der Waals surface area contributed by atoms with Crippen LogP contribution in [0.1, 0.15) is 11.1 Å². The number of carbonyl (C=O) groups excluding carboxylic acids is 4. The Labute approximate surface area is 233 Å². The Hall–Kier alpha value is -3.47. The van der Waals surface area contributed by atoms with Gasteiger partial charge >= 0.3 is 6.03 Å². The monoisotopic (exact) mass is 645 g/mol. The van der Waals surface area contributed by atoms with Crippen molar-refractivity contribution in [2.24, 2.45) is 0 Å². The number of hydrogen-bond donors (Lipinski definition) is 2. The highest BCUT2D eigenvalue weighted by Gasteiger charge is 2.36. The van der Waals surface area contributed by atoms with Gasteiger partial charge in [-0.25, -0.2) is 9.69 Å². The maximum atomic E-state index is 13.1. The van der Waals surface area contributed by atoms with E-state index < -0.39 is 17.8 Å². The molecule has 0 atom stereocenters. The van der Waals surface area contributed by atoms with Crippen LogP contribution < -0.4 is 20.3 Å². The molecule has 1 aliphatic rings. The van der Waals surface area contributed by atoms with E-state index in [0.717, 1.165) is 10.5 Å². The van der Waals surface area contributed by atoms with E-state index in [-0.39, 0.29) is 23.8 Å². The van der Waals surface area contributed by atoms with Crippen LogP contribution in [0.5, 0.6) is 5.75 Å². The number of hydrogen-bond acceptors (Lipinski definition) is 5. The van der Waals surface area contributed by atoms with E-state index >= 15 is 0 Å². The lowest BCUT2D eigenvalue weighted by Crippen LogP contribution is -2.54. The number of carbonyl (C=O) groups is 4. The van der Waals surface area contributed by atoms with E-state index in [0.29, 0.717) is 31.0 Å². The van der Waals surface area contributed by atoms with Crippen molar-refractivity contribution in [1.29, 1.82) is 0 Å². The summed E-state index contributed by atoms with van der Waals surface area (Å²) in [6, 6.07) is 15.8. The Morgan fingerprint density at radius 2 is 1.73 bits per heavy atom. The fraction of sp³-hybridized carbons (Fsp3) is 0.0769. The standard InChI is InChI=1S/C26H18Br2ClN3O5/c1-14-3-2-4-17(9-14)30-22(33)13-37-23-20(27)11-15(12-21(23)28)10-19-24(34)31-26(36)32(25(19)35)18-7-5-16(29)6-8-18/h2-12H,13H2,1H3,(H,30,33)(H,31,34,36)/b19-10-. The molecule has 1 fully saturated rings. The zero-order valence-electron chi connectivity index (χ0n) is 19.2. The van der Waals surface area contributed by atoms with Gasteiger partial charge in [0.05, 0.1) is 14.6 Å². The SMILES string of the molecule is Cc1cccc(NC(=O)COc2c(Br)cc(/C=C3/C(=O)NC(=O)N(c4ccc(Cl)cc4)C3=O)cc2Br)c1. The van der Waals surface area contributed by atoms with Crippen LogP contribution in [0.2, 0.25) is 5.02 Å². The molecule has 1 aliphatic heterocycles. The molecular weight excluding hydrogens is 630 g/mol. The fourth-order valence-electron chi connectivity index (χ4n) is 3.51. The van der Waals surface area contributed by atoms with E-state index in [1.807, 2.05) is 25.1 Å². The van der Waals surface area contributed by atoms with Crippen LogP contribution in [-0.4, -0.2) is 30.4 Å². The van der Waals surface area contributed by atoms with Gasteiger partial charge in [-0.2, -0.15) is 0 Å². The van der Waals surface area contributed by atoms with Gasteiger partial charge in [0.2, 0.25) is 0 Å². The molecule has 2 N–H and O–H groups in total. The summed E-state index contributed by atoms with van der Waals surface area (Å²) in [7, 11) is 0. The number of halogens is 3. The van der Waals surface area contributed by atoms with Crippen molar-refractivity contribution < 1.29 is 23.9 Å². The minimum Gasteiger partial charge on any atom is -0.481 e. The summed E-state index contributed by atoms with van der Waals surface area (Å²) in [5.74, 6) is -1.58. The quantitative estimate of drug-likeness (QED) is 0.258. The zero-order chi connectivity index (χ0) is 26.7. The molecule has 1 heterocycles. The molecule has 11 heteroatoms. The van der Waals surface area contributed by atoms with Crippen molar-refractivity contribution in [3.8, 4) is 5.75 Å². The first kappa shape index (κ1) is 26.6. The summed E-state index contributed by atoms with van der Waals surface area (Å²) < 4.78 is 6.64. The molecule has 0 unspecified atom stereocenters. The lowest BCUT2D eigenvalue weighted by molar-refractivity contribution is -0.122. The maximum absolute atomic E-state index is 13.1. The first-order valence-electron chi connectivity index (χ1n) is 10.8. The molecule has 4 rings (SSSR count). The van der Waals surface area contributed by atoms with E-state index in [2.05, 4.69) is 42.5 Å². The van der Waals surface area contributed by atoms with Crippen molar-refractivity contribution >= 4 is 84.7 Å². The van der Waals surface area contributed by atoms with Gasteiger partial charge in [0, 0.05) is 10.7 Å². The van der Waals surface area contributed by atoms with Gasteiger partial charge in [0.1, 0.15) is 11.3 Å². The van der Waals surface area contributed by atoms with E-state index in [9.17, 15) is 19.2 Å². The molecule has 37 heavy (non-hydrogen) atoms. The number of nitrogens with zero attached hydrogens (tertiary/aromatic N) is 1. The molecule has 0 radical (unpaired) electrons. The molecule has 0 aliphatic carbocycles. The highest BCUT2D eigenvalue weighted by molar-refractivity contribution is 9.11. The number of amides is 5. The van der Waals surface area contributed by atoms with E-state index in [1.54, 1.807) is 18.2 Å². The number of rotatable bonds is 6. The lowest BCUT2D eigenvalue weighted by atomic mass is 10.1. The number of nitrogens with one attached hydrogen (secondary N) is 2. The molecule has 3 aromatic rings. The Balaban J connectivity index is 1.52. The van der Waals surface area contributed by atoms with Crippen LogP contribution in [0.3, 0.4) is 0 Å². The molecule has 0 spiro atoms. The molecule has 188 valence electrons. The maximum Gasteiger partial charge on any atom is 0.335 e. The van der Waals surface area contributed by atoms with Crippen LogP contribution in [0.4, 0.5) is 16.2 Å². The minimum absolute atomic E-state index is 0.237. The Bertz CT molecular complexity index is 1430. The van der Waals surface area contributed by atoms with Gasteiger partial charge in [-0.1, -0.05) is 23.7 Å². The van der Waals surface area contributed by atoms with E-state index in [4.69, 9.17) is 16.3 Å².